The molecule has 2 heterocycles. The Balaban J connectivity index is 2.04. The van der Waals surface area contributed by atoms with Crippen molar-refractivity contribution in [2.75, 3.05) is 26.2 Å². The molecule has 1 aliphatic rings. The Morgan fingerprint density at radius 1 is 1.08 bits per heavy atom. The molecule has 24 heavy (non-hydrogen) atoms. The van der Waals surface area contributed by atoms with E-state index in [2.05, 4.69) is 15.2 Å². The van der Waals surface area contributed by atoms with Crippen molar-refractivity contribution < 1.29 is 13.2 Å². The summed E-state index contributed by atoms with van der Waals surface area (Å²) in [4.78, 5) is 6.76. The monoisotopic (exact) mass is 335 g/mol. The van der Waals surface area contributed by atoms with Crippen LogP contribution in [0.1, 0.15) is 28.6 Å². The van der Waals surface area contributed by atoms with Crippen molar-refractivity contribution in [1.82, 2.24) is 15.2 Å². The topological polar surface area (TPSA) is 28.2 Å². The van der Waals surface area contributed by atoms with E-state index in [4.69, 9.17) is 0 Å². The van der Waals surface area contributed by atoms with Gasteiger partial charge in [0.05, 0.1) is 17.3 Å². The SMILES string of the molecule is Cc1cccc(C(c2cccc(C(F)(F)F)c2)N2CCNCC2)n1. The number of aromatic nitrogens is 1. The second-order valence-corrected chi connectivity index (χ2v) is 6.02. The third kappa shape index (κ3) is 3.76. The largest absolute Gasteiger partial charge is 0.416 e. The van der Waals surface area contributed by atoms with E-state index in [1.165, 1.54) is 12.1 Å². The van der Waals surface area contributed by atoms with E-state index in [0.717, 1.165) is 43.6 Å². The molecule has 1 fully saturated rings. The van der Waals surface area contributed by atoms with Gasteiger partial charge in [-0.3, -0.25) is 9.88 Å². The first kappa shape index (κ1) is 16.9. The summed E-state index contributed by atoms with van der Waals surface area (Å²) < 4.78 is 39.3. The van der Waals surface area contributed by atoms with E-state index >= 15 is 0 Å². The zero-order valence-electron chi connectivity index (χ0n) is 13.5. The van der Waals surface area contributed by atoms with Gasteiger partial charge >= 0.3 is 6.18 Å². The number of pyridine rings is 1. The average Bonchev–Trinajstić information content (AvgIpc) is 2.56. The Kier molecular flexibility index (Phi) is 4.87. The highest BCUT2D eigenvalue weighted by Gasteiger charge is 2.32. The number of aryl methyl sites for hydroxylation is 1. The fraction of sp³-hybridized carbons (Fsp3) is 0.389. The van der Waals surface area contributed by atoms with Crippen LogP contribution in [-0.4, -0.2) is 36.1 Å². The van der Waals surface area contributed by atoms with Crippen LogP contribution in [0.4, 0.5) is 13.2 Å². The van der Waals surface area contributed by atoms with E-state index in [9.17, 15) is 13.2 Å². The van der Waals surface area contributed by atoms with Gasteiger partial charge in [0.25, 0.3) is 0 Å². The number of hydrogen-bond acceptors (Lipinski definition) is 3. The number of nitrogens with one attached hydrogen (secondary N) is 1. The molecule has 128 valence electrons. The lowest BCUT2D eigenvalue weighted by atomic mass is 9.98. The van der Waals surface area contributed by atoms with Crippen LogP contribution in [0, 0.1) is 6.92 Å². The average molecular weight is 335 g/mol. The minimum atomic E-state index is -4.34. The fourth-order valence-corrected chi connectivity index (χ4v) is 3.11. The van der Waals surface area contributed by atoms with Crippen LogP contribution in [0.25, 0.3) is 0 Å². The Morgan fingerprint density at radius 3 is 2.46 bits per heavy atom. The number of rotatable bonds is 3. The third-order valence-electron chi connectivity index (χ3n) is 4.24. The molecule has 1 atom stereocenters. The zero-order chi connectivity index (χ0) is 17.2. The van der Waals surface area contributed by atoms with Gasteiger partial charge in [-0.1, -0.05) is 18.2 Å². The van der Waals surface area contributed by atoms with E-state index in [1.807, 2.05) is 25.1 Å². The van der Waals surface area contributed by atoms with Crippen LogP contribution >= 0.6 is 0 Å². The van der Waals surface area contributed by atoms with Crippen molar-refractivity contribution in [3.8, 4) is 0 Å². The Hall–Kier alpha value is -1.92. The molecule has 0 bridgehead atoms. The lowest BCUT2D eigenvalue weighted by molar-refractivity contribution is -0.137. The number of hydrogen-bond donors (Lipinski definition) is 1. The number of alkyl halides is 3. The molecule has 0 aliphatic carbocycles. The quantitative estimate of drug-likeness (QED) is 0.932. The van der Waals surface area contributed by atoms with Gasteiger partial charge in [-0.15, -0.1) is 0 Å². The van der Waals surface area contributed by atoms with Crippen LogP contribution in [0.5, 0.6) is 0 Å². The molecular weight excluding hydrogens is 315 g/mol. The Bertz CT molecular complexity index is 694. The summed E-state index contributed by atoms with van der Waals surface area (Å²) in [6.45, 7) is 5.08. The van der Waals surface area contributed by atoms with Gasteiger partial charge in [0.1, 0.15) is 0 Å². The number of benzene rings is 1. The summed E-state index contributed by atoms with van der Waals surface area (Å²) in [5.41, 5.74) is 1.66. The van der Waals surface area contributed by atoms with Crippen molar-refractivity contribution in [3.63, 3.8) is 0 Å². The smallest absolute Gasteiger partial charge is 0.314 e. The first-order valence-electron chi connectivity index (χ1n) is 8.00. The summed E-state index contributed by atoms with van der Waals surface area (Å²) in [5.74, 6) is 0. The molecule has 3 nitrogen and oxygen atoms in total. The molecule has 1 saturated heterocycles. The van der Waals surface area contributed by atoms with Gasteiger partial charge in [0.15, 0.2) is 0 Å². The van der Waals surface area contributed by atoms with E-state index < -0.39 is 11.7 Å². The van der Waals surface area contributed by atoms with Crippen LogP contribution in [-0.2, 0) is 6.18 Å². The van der Waals surface area contributed by atoms with Crippen LogP contribution in [0.15, 0.2) is 42.5 Å². The molecule has 0 saturated carbocycles. The van der Waals surface area contributed by atoms with E-state index in [-0.39, 0.29) is 6.04 Å². The van der Waals surface area contributed by atoms with Crippen molar-refractivity contribution in [2.45, 2.75) is 19.1 Å². The summed E-state index contributed by atoms with van der Waals surface area (Å²) in [6.07, 6.45) is -4.34. The number of halogens is 3. The first-order chi connectivity index (χ1) is 11.4. The fourth-order valence-electron chi connectivity index (χ4n) is 3.11. The van der Waals surface area contributed by atoms with Gasteiger partial charge in [0.2, 0.25) is 0 Å². The van der Waals surface area contributed by atoms with E-state index in [0.29, 0.717) is 5.56 Å². The molecule has 1 aliphatic heterocycles. The number of nitrogens with zero attached hydrogens (tertiary/aromatic N) is 2. The molecule has 2 aromatic rings. The molecule has 1 aromatic carbocycles. The maximum atomic E-state index is 13.1. The maximum absolute atomic E-state index is 13.1. The van der Waals surface area contributed by atoms with Gasteiger partial charge < -0.3 is 5.32 Å². The highest BCUT2D eigenvalue weighted by atomic mass is 19.4. The van der Waals surface area contributed by atoms with Gasteiger partial charge in [-0.2, -0.15) is 13.2 Å². The highest BCUT2D eigenvalue weighted by molar-refractivity contribution is 5.33. The van der Waals surface area contributed by atoms with Crippen molar-refractivity contribution in [2.24, 2.45) is 0 Å². The van der Waals surface area contributed by atoms with Crippen molar-refractivity contribution in [3.05, 3.63) is 65.0 Å². The van der Waals surface area contributed by atoms with Crippen LogP contribution in [0.3, 0.4) is 0 Å². The minimum Gasteiger partial charge on any atom is -0.314 e. The Morgan fingerprint density at radius 2 is 1.79 bits per heavy atom. The molecule has 6 heteroatoms. The molecule has 1 unspecified atom stereocenters. The standard InChI is InChI=1S/C18H20F3N3/c1-13-4-2-7-16(23-13)17(24-10-8-22-9-11-24)14-5-3-6-15(12-14)18(19,20)21/h2-7,12,17,22H,8-11H2,1H3. The normalized spacial score (nSPS) is 17.7. The molecule has 3 rings (SSSR count). The summed E-state index contributed by atoms with van der Waals surface area (Å²) in [6, 6.07) is 11.0. The van der Waals surface area contributed by atoms with Crippen molar-refractivity contribution >= 4 is 0 Å². The van der Waals surface area contributed by atoms with Gasteiger partial charge in [-0.05, 0) is 36.8 Å². The Labute approximate surface area is 139 Å². The summed E-state index contributed by atoms with van der Waals surface area (Å²) in [7, 11) is 0. The molecule has 1 aromatic heterocycles. The summed E-state index contributed by atoms with van der Waals surface area (Å²) >= 11 is 0. The first-order valence-corrected chi connectivity index (χ1v) is 8.00. The maximum Gasteiger partial charge on any atom is 0.416 e. The molecule has 0 amide bonds. The van der Waals surface area contributed by atoms with Crippen LogP contribution < -0.4 is 5.32 Å². The lowest BCUT2D eigenvalue weighted by Gasteiger charge is -2.35. The van der Waals surface area contributed by atoms with Gasteiger partial charge in [-0.25, -0.2) is 0 Å². The minimum absolute atomic E-state index is 0.269. The molecular formula is C18H20F3N3. The van der Waals surface area contributed by atoms with Crippen molar-refractivity contribution in [1.29, 1.82) is 0 Å². The second-order valence-electron chi connectivity index (χ2n) is 6.02. The second kappa shape index (κ2) is 6.91. The summed E-state index contributed by atoms with van der Waals surface area (Å²) in [5, 5.41) is 3.28. The third-order valence-corrected chi connectivity index (χ3v) is 4.24. The molecule has 1 N–H and O–H groups in total. The van der Waals surface area contributed by atoms with Gasteiger partial charge in [0, 0.05) is 31.9 Å². The molecule has 0 radical (unpaired) electrons. The predicted octanol–water partition coefficient (Wildman–Crippen LogP) is 3.40. The number of piperazine rings is 1. The lowest BCUT2D eigenvalue weighted by Crippen LogP contribution is -2.45. The highest BCUT2D eigenvalue weighted by Crippen LogP contribution is 2.34. The zero-order valence-corrected chi connectivity index (χ0v) is 13.5. The van der Waals surface area contributed by atoms with Crippen LogP contribution in [0.2, 0.25) is 0 Å². The molecule has 0 spiro atoms. The predicted molar refractivity (Wildman–Crippen MR) is 86.7 cm³/mol. The van der Waals surface area contributed by atoms with E-state index in [1.54, 1.807) is 6.07 Å².